The van der Waals surface area contributed by atoms with Crippen LogP contribution in [0.2, 0.25) is 0 Å². The Morgan fingerprint density at radius 2 is 1.63 bits per heavy atom. The second-order valence-corrected chi connectivity index (χ2v) is 11.4. The number of hydrogen-bond donors (Lipinski definition) is 2. The molecule has 0 saturated carbocycles. The molecule has 0 aliphatic carbocycles. The van der Waals surface area contributed by atoms with Crippen LogP contribution in [0.5, 0.6) is 11.5 Å². The summed E-state index contributed by atoms with van der Waals surface area (Å²) < 4.78 is 28.4. The monoisotopic (exact) mass is 588 g/mol. The van der Waals surface area contributed by atoms with Crippen LogP contribution in [0.3, 0.4) is 0 Å². The van der Waals surface area contributed by atoms with Crippen molar-refractivity contribution in [1.29, 1.82) is 0 Å². The van der Waals surface area contributed by atoms with Gasteiger partial charge < -0.3 is 33.6 Å². The predicted octanol–water partition coefficient (Wildman–Crippen LogP) is 4.76. The van der Waals surface area contributed by atoms with Crippen LogP contribution in [-0.4, -0.2) is 60.4 Å². The van der Waals surface area contributed by atoms with Gasteiger partial charge in [-0.25, -0.2) is 4.79 Å². The van der Waals surface area contributed by atoms with Crippen molar-refractivity contribution in [3.05, 3.63) is 93.3 Å². The molecule has 0 amide bonds. The molecule has 5 rings (SSSR count). The molecule has 43 heavy (non-hydrogen) atoms. The molecule has 1 fully saturated rings. The lowest BCUT2D eigenvalue weighted by molar-refractivity contribution is -0.306. The van der Waals surface area contributed by atoms with Gasteiger partial charge in [-0.15, -0.1) is 0 Å². The number of carbonyl (C=O) groups excluding carboxylic acids is 1. The van der Waals surface area contributed by atoms with Crippen molar-refractivity contribution in [2.45, 2.75) is 64.3 Å². The fourth-order valence-electron chi connectivity index (χ4n) is 5.54. The summed E-state index contributed by atoms with van der Waals surface area (Å²) >= 11 is 0. The van der Waals surface area contributed by atoms with Crippen molar-refractivity contribution in [1.82, 2.24) is 0 Å². The van der Waals surface area contributed by atoms with Crippen LogP contribution in [-0.2, 0) is 15.9 Å². The number of carbonyl (C=O) groups is 1. The SMILES string of the molecule is COc1ccc(C(=O)Cc2cc3ccc(O[C@@H]4OC(C)(C)[C@H](OC)[C@@H](O)[C@H]4O)c(C)c3oc2=O)cc1-c1ccc(C)cc1. The largest absolute Gasteiger partial charge is 0.496 e. The number of aliphatic hydroxyl groups is 2. The fraction of sp³-hybridized carbons (Fsp3) is 0.353. The highest BCUT2D eigenvalue weighted by atomic mass is 16.7. The maximum Gasteiger partial charge on any atom is 0.339 e. The maximum atomic E-state index is 13.3. The minimum atomic E-state index is -1.38. The molecular formula is C34H36O9. The third kappa shape index (κ3) is 5.94. The van der Waals surface area contributed by atoms with Crippen molar-refractivity contribution >= 4 is 16.8 Å². The van der Waals surface area contributed by atoms with Gasteiger partial charge in [0, 0.05) is 41.2 Å². The number of aryl methyl sites for hydroxylation is 2. The predicted molar refractivity (Wildman–Crippen MR) is 161 cm³/mol. The minimum absolute atomic E-state index is 0.148. The summed E-state index contributed by atoms with van der Waals surface area (Å²) in [7, 11) is 3.02. The summed E-state index contributed by atoms with van der Waals surface area (Å²) in [5.74, 6) is 0.712. The van der Waals surface area contributed by atoms with Crippen molar-refractivity contribution in [3.8, 4) is 22.6 Å². The second-order valence-electron chi connectivity index (χ2n) is 11.4. The van der Waals surface area contributed by atoms with E-state index in [1.54, 1.807) is 64.3 Å². The van der Waals surface area contributed by atoms with Crippen molar-refractivity contribution in [2.24, 2.45) is 0 Å². The summed E-state index contributed by atoms with van der Waals surface area (Å²) in [5.41, 5.74) is 2.69. The van der Waals surface area contributed by atoms with Crippen molar-refractivity contribution in [2.75, 3.05) is 14.2 Å². The van der Waals surface area contributed by atoms with Gasteiger partial charge in [-0.3, -0.25) is 4.79 Å². The zero-order chi connectivity index (χ0) is 31.1. The van der Waals surface area contributed by atoms with E-state index in [4.69, 9.17) is 23.4 Å². The number of rotatable bonds is 8. The lowest BCUT2D eigenvalue weighted by Gasteiger charge is -2.46. The van der Waals surface area contributed by atoms with E-state index >= 15 is 0 Å². The van der Waals surface area contributed by atoms with Gasteiger partial charge >= 0.3 is 5.63 Å². The molecule has 3 aromatic carbocycles. The first-order valence-corrected chi connectivity index (χ1v) is 14.0. The molecule has 1 aliphatic rings. The Morgan fingerprint density at radius 1 is 0.930 bits per heavy atom. The lowest BCUT2D eigenvalue weighted by Crippen LogP contribution is -2.63. The van der Waals surface area contributed by atoms with Gasteiger partial charge in [0.2, 0.25) is 6.29 Å². The average molecular weight is 589 g/mol. The number of benzene rings is 3. The van der Waals surface area contributed by atoms with Crippen molar-refractivity contribution in [3.63, 3.8) is 0 Å². The van der Waals surface area contributed by atoms with E-state index in [1.807, 2.05) is 31.2 Å². The molecule has 0 unspecified atom stereocenters. The van der Waals surface area contributed by atoms with Crippen molar-refractivity contribution < 1.29 is 38.4 Å². The van der Waals surface area contributed by atoms with Crippen LogP contribution in [0, 0.1) is 13.8 Å². The molecule has 2 N–H and O–H groups in total. The maximum absolute atomic E-state index is 13.3. The van der Waals surface area contributed by atoms with Crippen LogP contribution in [0.25, 0.3) is 22.1 Å². The van der Waals surface area contributed by atoms with E-state index in [0.29, 0.717) is 28.0 Å². The summed E-state index contributed by atoms with van der Waals surface area (Å²) in [5, 5.41) is 21.8. The number of hydrogen-bond acceptors (Lipinski definition) is 9. The van der Waals surface area contributed by atoms with Crippen LogP contribution in [0.1, 0.15) is 40.9 Å². The quantitative estimate of drug-likeness (QED) is 0.221. The van der Waals surface area contributed by atoms with E-state index < -0.39 is 35.8 Å². The zero-order valence-electron chi connectivity index (χ0n) is 25.0. The topological polar surface area (TPSA) is 125 Å². The Bertz CT molecular complexity index is 1700. The summed E-state index contributed by atoms with van der Waals surface area (Å²) in [6, 6.07) is 18.1. The standard InChI is InChI=1S/C34H36O9/c1-18-7-9-20(10-8-18)24-16-21(11-14-27(24)39-5)25(35)17-23-15-22-12-13-26(19(2)30(22)42-32(23)38)41-33-29(37)28(36)31(40-6)34(3,4)43-33/h7-16,28-29,31,33,36-37H,17H2,1-6H3/t28-,29+,31+,33+/m0/s1. The third-order valence-electron chi connectivity index (χ3n) is 7.95. The number of methoxy groups -OCH3 is 2. The third-order valence-corrected chi connectivity index (χ3v) is 7.95. The van der Waals surface area contributed by atoms with E-state index in [9.17, 15) is 19.8 Å². The van der Waals surface area contributed by atoms with Gasteiger partial charge in [0.25, 0.3) is 0 Å². The van der Waals surface area contributed by atoms with E-state index in [1.165, 1.54) is 7.11 Å². The molecule has 1 aliphatic heterocycles. The van der Waals surface area contributed by atoms with Gasteiger partial charge in [-0.05, 0) is 69.7 Å². The van der Waals surface area contributed by atoms with E-state index in [-0.39, 0.29) is 23.4 Å². The highest BCUT2D eigenvalue weighted by Gasteiger charge is 2.50. The Labute approximate surface area is 249 Å². The Hall–Kier alpha value is -4.02. The molecule has 0 bridgehead atoms. The Balaban J connectivity index is 1.39. The second kappa shape index (κ2) is 11.9. The molecule has 0 radical (unpaired) electrons. The highest BCUT2D eigenvalue weighted by molar-refractivity contribution is 5.99. The summed E-state index contributed by atoms with van der Waals surface area (Å²) in [6.45, 7) is 7.18. The highest BCUT2D eigenvalue weighted by Crippen LogP contribution is 2.35. The minimum Gasteiger partial charge on any atom is -0.496 e. The lowest BCUT2D eigenvalue weighted by atomic mass is 9.89. The molecule has 9 heteroatoms. The average Bonchev–Trinajstić information content (AvgIpc) is 2.98. The molecular weight excluding hydrogens is 552 g/mol. The first-order valence-electron chi connectivity index (χ1n) is 14.0. The smallest absolute Gasteiger partial charge is 0.339 e. The molecule has 226 valence electrons. The van der Waals surface area contributed by atoms with Gasteiger partial charge in [-0.2, -0.15) is 0 Å². The molecule has 9 nitrogen and oxygen atoms in total. The van der Waals surface area contributed by atoms with Gasteiger partial charge in [-0.1, -0.05) is 29.8 Å². The van der Waals surface area contributed by atoms with Crippen LogP contribution in [0.4, 0.5) is 0 Å². The van der Waals surface area contributed by atoms with Crippen LogP contribution in [0.15, 0.2) is 69.9 Å². The normalized spacial score (nSPS) is 21.5. The van der Waals surface area contributed by atoms with Gasteiger partial charge in [0.05, 0.1) is 12.7 Å². The van der Waals surface area contributed by atoms with Gasteiger partial charge in [0.15, 0.2) is 5.78 Å². The molecule has 4 atom stereocenters. The number of ether oxygens (including phenoxy) is 4. The zero-order valence-corrected chi connectivity index (χ0v) is 25.0. The summed E-state index contributed by atoms with van der Waals surface area (Å²) in [4.78, 5) is 26.4. The number of ketones is 1. The number of Topliss-reactive ketones (excluding diaryl/α,β-unsaturated/α-hetero) is 1. The first kappa shape index (κ1) is 30.4. The molecule has 2 heterocycles. The van der Waals surface area contributed by atoms with E-state index in [0.717, 1.165) is 16.7 Å². The van der Waals surface area contributed by atoms with Crippen LogP contribution < -0.4 is 15.1 Å². The molecule has 1 saturated heterocycles. The summed E-state index contributed by atoms with van der Waals surface area (Å²) in [6.07, 6.45) is -4.71. The Kier molecular flexibility index (Phi) is 8.45. The van der Waals surface area contributed by atoms with E-state index in [2.05, 4.69) is 0 Å². The number of aliphatic hydroxyl groups excluding tert-OH is 2. The fourth-order valence-corrected chi connectivity index (χ4v) is 5.54. The molecule has 0 spiro atoms. The first-order chi connectivity index (χ1) is 20.4. The van der Waals surface area contributed by atoms with Gasteiger partial charge in [0.1, 0.15) is 35.4 Å². The molecule has 4 aromatic rings. The Morgan fingerprint density at radius 3 is 2.30 bits per heavy atom. The number of fused-ring (bicyclic) bond motifs is 1. The van der Waals surface area contributed by atoms with Crippen LogP contribution >= 0.6 is 0 Å². The molecule has 1 aromatic heterocycles.